The van der Waals surface area contributed by atoms with E-state index in [2.05, 4.69) is 5.10 Å². The van der Waals surface area contributed by atoms with Crippen LogP contribution in [-0.2, 0) is 17.7 Å². The molecule has 0 bridgehead atoms. The number of nitrogen functional groups attached to an aromatic ring is 1. The van der Waals surface area contributed by atoms with E-state index >= 15 is 0 Å². The van der Waals surface area contributed by atoms with Crippen LogP contribution in [0.4, 0.5) is 14.5 Å². The number of halogens is 2. The van der Waals surface area contributed by atoms with Crippen molar-refractivity contribution in [3.05, 3.63) is 47.3 Å². The van der Waals surface area contributed by atoms with Crippen molar-refractivity contribution in [2.24, 2.45) is 7.05 Å². The van der Waals surface area contributed by atoms with E-state index in [1.807, 2.05) is 0 Å². The first-order valence-corrected chi connectivity index (χ1v) is 6.22. The van der Waals surface area contributed by atoms with Crippen molar-refractivity contribution in [2.75, 3.05) is 12.3 Å². The molecule has 0 fully saturated rings. The molecule has 0 saturated carbocycles. The van der Waals surface area contributed by atoms with Crippen LogP contribution in [0.15, 0.2) is 30.3 Å². The second kappa shape index (κ2) is 5.51. The summed E-state index contributed by atoms with van der Waals surface area (Å²) in [6.07, 6.45) is 0. The van der Waals surface area contributed by atoms with E-state index in [-0.39, 0.29) is 16.9 Å². The smallest absolute Gasteiger partial charge is 0.358 e. The first kappa shape index (κ1) is 15.0. The monoisotopic (exact) mass is 295 g/mol. The summed E-state index contributed by atoms with van der Waals surface area (Å²) in [6.45, 7) is 0.560. The number of hydrogen-bond donors (Lipinski definition) is 1. The number of anilines is 1. The van der Waals surface area contributed by atoms with E-state index in [0.29, 0.717) is 5.69 Å². The average molecular weight is 295 g/mol. The molecule has 0 atom stereocenters. The number of nitrogens with zero attached hydrogens (tertiary/aromatic N) is 2. The van der Waals surface area contributed by atoms with Crippen LogP contribution in [0, 0.1) is 6.92 Å². The molecule has 1 aromatic carbocycles. The quantitative estimate of drug-likeness (QED) is 0.878. The van der Waals surface area contributed by atoms with Crippen LogP contribution in [0.5, 0.6) is 0 Å². The van der Waals surface area contributed by atoms with Gasteiger partial charge in [-0.2, -0.15) is 13.9 Å². The zero-order valence-corrected chi connectivity index (χ0v) is 11.6. The number of carbonyl (C=O) groups excluding carboxylic acids is 1. The average Bonchev–Trinajstić information content (AvgIpc) is 2.71. The van der Waals surface area contributed by atoms with Crippen LogP contribution >= 0.6 is 0 Å². The Morgan fingerprint density at radius 3 is 2.52 bits per heavy atom. The van der Waals surface area contributed by atoms with Gasteiger partial charge in [0.05, 0.1) is 11.4 Å². The van der Waals surface area contributed by atoms with Crippen molar-refractivity contribution in [2.45, 2.75) is 12.8 Å². The number of alkyl halides is 2. The second-order valence-corrected chi connectivity index (χ2v) is 4.62. The summed E-state index contributed by atoms with van der Waals surface area (Å²) in [5, 5.41) is 3.94. The number of aromatic nitrogens is 2. The van der Waals surface area contributed by atoms with Crippen LogP contribution in [-0.4, -0.2) is 22.4 Å². The highest BCUT2D eigenvalue weighted by molar-refractivity contribution is 5.93. The van der Waals surface area contributed by atoms with Gasteiger partial charge in [-0.3, -0.25) is 4.68 Å². The van der Waals surface area contributed by atoms with Gasteiger partial charge in [-0.05, 0) is 6.92 Å². The van der Waals surface area contributed by atoms with Crippen LogP contribution in [0.1, 0.15) is 21.7 Å². The Bertz CT molecular complexity index is 654. The number of hydrogen-bond acceptors (Lipinski definition) is 4. The predicted molar refractivity (Wildman–Crippen MR) is 73.0 cm³/mol. The molecule has 2 aromatic rings. The molecule has 7 heteroatoms. The van der Waals surface area contributed by atoms with Crippen molar-refractivity contribution < 1.29 is 18.3 Å². The minimum atomic E-state index is -3.26. The first-order chi connectivity index (χ1) is 9.83. The van der Waals surface area contributed by atoms with Crippen molar-refractivity contribution in [3.8, 4) is 0 Å². The summed E-state index contributed by atoms with van der Waals surface area (Å²) >= 11 is 0. The van der Waals surface area contributed by atoms with Gasteiger partial charge in [-0.25, -0.2) is 4.79 Å². The molecular weight excluding hydrogens is 280 g/mol. The molecule has 0 radical (unpaired) electrons. The van der Waals surface area contributed by atoms with Crippen molar-refractivity contribution in [1.82, 2.24) is 9.78 Å². The fourth-order valence-corrected chi connectivity index (χ4v) is 1.91. The van der Waals surface area contributed by atoms with E-state index in [1.165, 1.54) is 36.0 Å². The molecule has 1 aromatic heterocycles. The first-order valence-electron chi connectivity index (χ1n) is 6.22. The number of rotatable bonds is 4. The van der Waals surface area contributed by atoms with Gasteiger partial charge in [0.2, 0.25) is 0 Å². The third-order valence-corrected chi connectivity index (χ3v) is 3.04. The molecule has 0 unspecified atom stereocenters. The Kier molecular flexibility index (Phi) is 3.93. The number of esters is 1. The standard InChI is InChI=1S/C14H15F2N3O2/c1-9-11(17)12(19(2)18-9)13(20)21-8-14(15,16)10-6-4-3-5-7-10/h3-7H,8,17H2,1-2H3. The third kappa shape index (κ3) is 3.01. The van der Waals surface area contributed by atoms with E-state index in [9.17, 15) is 13.6 Å². The maximum absolute atomic E-state index is 13.9. The van der Waals surface area contributed by atoms with E-state index in [4.69, 9.17) is 10.5 Å². The van der Waals surface area contributed by atoms with Gasteiger partial charge in [-0.1, -0.05) is 30.3 Å². The Morgan fingerprint density at radius 2 is 2.00 bits per heavy atom. The number of benzene rings is 1. The van der Waals surface area contributed by atoms with E-state index < -0.39 is 18.5 Å². The molecule has 0 spiro atoms. The number of ether oxygens (including phenoxy) is 1. The molecule has 0 amide bonds. The lowest BCUT2D eigenvalue weighted by Crippen LogP contribution is -2.24. The number of carbonyl (C=O) groups is 1. The minimum absolute atomic E-state index is 0.0311. The van der Waals surface area contributed by atoms with Gasteiger partial charge < -0.3 is 10.5 Å². The fraction of sp³-hybridized carbons (Fsp3) is 0.286. The molecule has 0 aliphatic carbocycles. The van der Waals surface area contributed by atoms with Crippen LogP contribution in [0.25, 0.3) is 0 Å². The van der Waals surface area contributed by atoms with Crippen molar-refractivity contribution in [1.29, 1.82) is 0 Å². The fourth-order valence-electron chi connectivity index (χ4n) is 1.91. The molecule has 0 saturated heterocycles. The molecule has 5 nitrogen and oxygen atoms in total. The van der Waals surface area contributed by atoms with Crippen molar-refractivity contribution >= 4 is 11.7 Å². The number of aryl methyl sites for hydroxylation is 2. The Hall–Kier alpha value is -2.44. The Morgan fingerprint density at radius 1 is 1.38 bits per heavy atom. The summed E-state index contributed by atoms with van der Waals surface area (Å²) < 4.78 is 33.7. The summed E-state index contributed by atoms with van der Waals surface area (Å²) in [5.41, 5.74) is 6.01. The maximum Gasteiger partial charge on any atom is 0.358 e. The lowest BCUT2D eigenvalue weighted by molar-refractivity contribution is -0.0664. The van der Waals surface area contributed by atoms with Gasteiger partial charge in [-0.15, -0.1) is 0 Å². The highest BCUT2D eigenvalue weighted by Gasteiger charge is 2.34. The van der Waals surface area contributed by atoms with Gasteiger partial charge in [0.15, 0.2) is 12.3 Å². The molecule has 21 heavy (non-hydrogen) atoms. The second-order valence-electron chi connectivity index (χ2n) is 4.62. The van der Waals surface area contributed by atoms with Crippen LogP contribution in [0.2, 0.25) is 0 Å². The summed E-state index contributed by atoms with van der Waals surface area (Å²) in [4.78, 5) is 11.9. The van der Waals surface area contributed by atoms with Gasteiger partial charge in [0.25, 0.3) is 0 Å². The molecule has 2 N–H and O–H groups in total. The SMILES string of the molecule is Cc1nn(C)c(C(=O)OCC(F)(F)c2ccccc2)c1N. The zero-order valence-electron chi connectivity index (χ0n) is 11.6. The predicted octanol–water partition coefficient (Wildman–Crippen LogP) is 2.26. The molecule has 0 aliphatic heterocycles. The van der Waals surface area contributed by atoms with E-state index in [1.54, 1.807) is 13.0 Å². The molecule has 112 valence electrons. The normalized spacial score (nSPS) is 11.4. The highest BCUT2D eigenvalue weighted by Crippen LogP contribution is 2.28. The van der Waals surface area contributed by atoms with Crippen LogP contribution in [0.3, 0.4) is 0 Å². The summed E-state index contributed by atoms with van der Waals surface area (Å²) in [5.74, 6) is -4.19. The van der Waals surface area contributed by atoms with Crippen molar-refractivity contribution in [3.63, 3.8) is 0 Å². The van der Waals surface area contributed by atoms with Gasteiger partial charge in [0.1, 0.15) is 0 Å². The van der Waals surface area contributed by atoms with Crippen LogP contribution < -0.4 is 5.73 Å². The maximum atomic E-state index is 13.9. The van der Waals surface area contributed by atoms with E-state index in [0.717, 1.165) is 0 Å². The summed E-state index contributed by atoms with van der Waals surface area (Å²) in [7, 11) is 1.50. The molecule has 1 heterocycles. The number of nitrogens with two attached hydrogens (primary N) is 1. The lowest BCUT2D eigenvalue weighted by atomic mass is 10.1. The highest BCUT2D eigenvalue weighted by atomic mass is 19.3. The summed E-state index contributed by atoms with van der Waals surface area (Å²) in [6, 6.07) is 7.17. The topological polar surface area (TPSA) is 70.1 Å². The Balaban J connectivity index is 2.11. The van der Waals surface area contributed by atoms with Gasteiger partial charge in [0, 0.05) is 12.6 Å². The lowest BCUT2D eigenvalue weighted by Gasteiger charge is -2.16. The zero-order chi connectivity index (χ0) is 15.6. The Labute approximate surface area is 120 Å². The molecule has 2 rings (SSSR count). The molecule has 0 aliphatic rings. The largest absolute Gasteiger partial charge is 0.454 e. The molecular formula is C14H15F2N3O2. The third-order valence-electron chi connectivity index (χ3n) is 3.04. The minimum Gasteiger partial charge on any atom is -0.454 e. The van der Waals surface area contributed by atoms with Gasteiger partial charge >= 0.3 is 11.9 Å².